The molecule has 16 heavy (non-hydrogen) atoms. The van der Waals surface area contributed by atoms with Crippen molar-refractivity contribution < 1.29 is 4.74 Å². The molecule has 0 aliphatic carbocycles. The molecule has 1 aliphatic heterocycles. The second-order valence-corrected chi connectivity index (χ2v) is 5.48. The molecule has 1 atom stereocenters. The maximum atomic E-state index is 6.17. The Hall–Kier alpha value is -0.380. The number of rotatable bonds is 2. The minimum atomic E-state index is 0.354. The first-order chi connectivity index (χ1) is 7.72. The maximum absolute atomic E-state index is 6.17. The van der Waals surface area contributed by atoms with Crippen molar-refractivity contribution in [1.29, 1.82) is 0 Å². The van der Waals surface area contributed by atoms with Crippen LogP contribution in [0.4, 0.5) is 0 Å². The Balaban J connectivity index is 2.33. The summed E-state index contributed by atoms with van der Waals surface area (Å²) in [5, 5.41) is 4.31. The molecule has 4 heteroatoms. The highest BCUT2D eigenvalue weighted by Crippen LogP contribution is 2.33. The molecule has 1 fully saturated rings. The van der Waals surface area contributed by atoms with E-state index < -0.39 is 0 Å². The predicted octanol–water partition coefficient (Wildman–Crippen LogP) is 3.03. The third-order valence-electron chi connectivity index (χ3n) is 2.81. The van der Waals surface area contributed by atoms with Crippen LogP contribution in [-0.4, -0.2) is 25.2 Å². The number of aryl methyl sites for hydroxylation is 1. The number of hydrogen-bond acceptors (Lipinski definition) is 3. The highest BCUT2D eigenvalue weighted by atomic mass is 35.5. The summed E-state index contributed by atoms with van der Waals surface area (Å²) in [6.07, 6.45) is 0. The summed E-state index contributed by atoms with van der Waals surface area (Å²) >= 11 is 8.14. The summed E-state index contributed by atoms with van der Waals surface area (Å²) in [7, 11) is 1.71. The third-order valence-corrected chi connectivity index (χ3v) is 4.28. The van der Waals surface area contributed by atoms with Gasteiger partial charge in [-0.1, -0.05) is 11.6 Å². The molecule has 0 saturated carbocycles. The molecular formula is C12H16ClNOS. The molecule has 1 aromatic rings. The summed E-state index contributed by atoms with van der Waals surface area (Å²) in [6.45, 7) is 3.04. The molecule has 0 bridgehead atoms. The van der Waals surface area contributed by atoms with Crippen molar-refractivity contribution in [3.05, 3.63) is 28.3 Å². The molecule has 0 aromatic heterocycles. The smallest absolute Gasteiger partial charge is 0.124 e. The normalized spacial score (nSPS) is 20.8. The predicted molar refractivity (Wildman–Crippen MR) is 70.8 cm³/mol. The number of halogens is 1. The van der Waals surface area contributed by atoms with E-state index in [0.29, 0.717) is 6.04 Å². The SMILES string of the molecule is COc1cc(C)c(Cl)cc1C1CSCCN1. The Morgan fingerprint density at radius 2 is 2.31 bits per heavy atom. The van der Waals surface area contributed by atoms with Gasteiger partial charge in [0, 0.05) is 34.7 Å². The summed E-state index contributed by atoms with van der Waals surface area (Å²) in [4.78, 5) is 0. The van der Waals surface area contributed by atoms with Crippen molar-refractivity contribution in [3.8, 4) is 5.75 Å². The van der Waals surface area contributed by atoms with Gasteiger partial charge in [0.15, 0.2) is 0 Å². The van der Waals surface area contributed by atoms with Crippen LogP contribution in [0.25, 0.3) is 0 Å². The number of benzene rings is 1. The van der Waals surface area contributed by atoms with Crippen molar-refractivity contribution in [3.63, 3.8) is 0 Å². The Bertz CT molecular complexity index is 378. The van der Waals surface area contributed by atoms with Gasteiger partial charge in [0.25, 0.3) is 0 Å². The lowest BCUT2D eigenvalue weighted by Gasteiger charge is -2.25. The van der Waals surface area contributed by atoms with Crippen molar-refractivity contribution in [2.45, 2.75) is 13.0 Å². The zero-order valence-corrected chi connectivity index (χ0v) is 11.1. The topological polar surface area (TPSA) is 21.3 Å². The molecule has 2 rings (SSSR count). The van der Waals surface area contributed by atoms with Crippen LogP contribution in [0.15, 0.2) is 12.1 Å². The first-order valence-corrected chi connectivity index (χ1v) is 6.91. The molecule has 1 N–H and O–H groups in total. The van der Waals surface area contributed by atoms with E-state index in [1.54, 1.807) is 7.11 Å². The highest BCUT2D eigenvalue weighted by Gasteiger charge is 2.19. The Morgan fingerprint density at radius 3 is 2.94 bits per heavy atom. The lowest BCUT2D eigenvalue weighted by molar-refractivity contribution is 0.402. The van der Waals surface area contributed by atoms with E-state index in [-0.39, 0.29) is 0 Å². The van der Waals surface area contributed by atoms with E-state index in [9.17, 15) is 0 Å². The van der Waals surface area contributed by atoms with Crippen LogP contribution in [-0.2, 0) is 0 Å². The zero-order valence-electron chi connectivity index (χ0n) is 9.55. The minimum absolute atomic E-state index is 0.354. The van der Waals surface area contributed by atoms with Gasteiger partial charge in [-0.05, 0) is 24.6 Å². The average Bonchev–Trinajstić information content (AvgIpc) is 2.33. The lowest BCUT2D eigenvalue weighted by atomic mass is 10.0. The van der Waals surface area contributed by atoms with E-state index in [1.165, 1.54) is 11.3 Å². The van der Waals surface area contributed by atoms with E-state index in [1.807, 2.05) is 30.8 Å². The van der Waals surface area contributed by atoms with Gasteiger partial charge in [-0.2, -0.15) is 11.8 Å². The first-order valence-electron chi connectivity index (χ1n) is 5.37. The van der Waals surface area contributed by atoms with Crippen molar-refractivity contribution in [2.75, 3.05) is 25.2 Å². The van der Waals surface area contributed by atoms with Gasteiger partial charge in [0.2, 0.25) is 0 Å². The van der Waals surface area contributed by atoms with Crippen molar-refractivity contribution >= 4 is 23.4 Å². The maximum Gasteiger partial charge on any atom is 0.124 e. The minimum Gasteiger partial charge on any atom is -0.496 e. The summed E-state index contributed by atoms with van der Waals surface area (Å²) < 4.78 is 5.43. The molecule has 0 amide bonds. The second-order valence-electron chi connectivity index (χ2n) is 3.92. The highest BCUT2D eigenvalue weighted by molar-refractivity contribution is 7.99. The molecule has 1 aliphatic rings. The number of methoxy groups -OCH3 is 1. The monoisotopic (exact) mass is 257 g/mol. The van der Waals surface area contributed by atoms with Crippen LogP contribution in [0.5, 0.6) is 5.75 Å². The van der Waals surface area contributed by atoms with Gasteiger partial charge in [0.05, 0.1) is 7.11 Å². The average molecular weight is 258 g/mol. The first kappa shape index (κ1) is 12.1. The second kappa shape index (κ2) is 5.30. The molecule has 1 aromatic carbocycles. The van der Waals surface area contributed by atoms with E-state index >= 15 is 0 Å². The van der Waals surface area contributed by atoms with Gasteiger partial charge in [-0.15, -0.1) is 0 Å². The van der Waals surface area contributed by atoms with E-state index in [0.717, 1.165) is 28.6 Å². The molecule has 1 heterocycles. The Morgan fingerprint density at radius 1 is 1.50 bits per heavy atom. The zero-order chi connectivity index (χ0) is 11.5. The van der Waals surface area contributed by atoms with Crippen LogP contribution in [0.2, 0.25) is 5.02 Å². The number of thioether (sulfide) groups is 1. The quantitative estimate of drug-likeness (QED) is 0.880. The fourth-order valence-corrected chi connectivity index (χ4v) is 3.02. The summed E-state index contributed by atoms with van der Waals surface area (Å²) in [6, 6.07) is 4.39. The van der Waals surface area contributed by atoms with Gasteiger partial charge in [-0.3, -0.25) is 0 Å². The molecule has 0 spiro atoms. The van der Waals surface area contributed by atoms with E-state index in [2.05, 4.69) is 5.32 Å². The number of hydrogen-bond donors (Lipinski definition) is 1. The molecular weight excluding hydrogens is 242 g/mol. The number of nitrogens with one attached hydrogen (secondary N) is 1. The van der Waals surface area contributed by atoms with Crippen LogP contribution >= 0.6 is 23.4 Å². The summed E-state index contributed by atoms with van der Waals surface area (Å²) in [5.74, 6) is 3.19. The fourth-order valence-electron chi connectivity index (χ4n) is 1.88. The van der Waals surface area contributed by atoms with Gasteiger partial charge in [-0.25, -0.2) is 0 Å². The van der Waals surface area contributed by atoms with Gasteiger partial charge >= 0.3 is 0 Å². The summed E-state index contributed by atoms with van der Waals surface area (Å²) in [5.41, 5.74) is 2.23. The molecule has 2 nitrogen and oxygen atoms in total. The van der Waals surface area contributed by atoms with E-state index in [4.69, 9.17) is 16.3 Å². The van der Waals surface area contributed by atoms with Crippen LogP contribution in [0, 0.1) is 6.92 Å². The molecule has 88 valence electrons. The number of ether oxygens (including phenoxy) is 1. The van der Waals surface area contributed by atoms with Gasteiger partial charge in [0.1, 0.15) is 5.75 Å². The Labute approximate surface area is 106 Å². The molecule has 1 unspecified atom stereocenters. The molecule has 1 saturated heterocycles. The Kier molecular flexibility index (Phi) is 4.00. The third kappa shape index (κ3) is 2.47. The van der Waals surface area contributed by atoms with Crippen molar-refractivity contribution in [1.82, 2.24) is 5.32 Å². The van der Waals surface area contributed by atoms with Crippen LogP contribution in [0.1, 0.15) is 17.2 Å². The van der Waals surface area contributed by atoms with Crippen LogP contribution < -0.4 is 10.1 Å². The lowest BCUT2D eigenvalue weighted by Crippen LogP contribution is -2.30. The fraction of sp³-hybridized carbons (Fsp3) is 0.500. The van der Waals surface area contributed by atoms with Crippen molar-refractivity contribution in [2.24, 2.45) is 0 Å². The largest absolute Gasteiger partial charge is 0.496 e. The van der Waals surface area contributed by atoms with Crippen LogP contribution in [0.3, 0.4) is 0 Å². The molecule has 0 radical (unpaired) electrons. The van der Waals surface area contributed by atoms with Gasteiger partial charge < -0.3 is 10.1 Å². The standard InChI is InChI=1S/C12H16ClNOS/c1-8-5-12(15-2)9(6-10(8)13)11-7-16-4-3-14-11/h5-6,11,14H,3-4,7H2,1-2H3.